The fourth-order valence-electron chi connectivity index (χ4n) is 2.22. The predicted octanol–water partition coefficient (Wildman–Crippen LogP) is 3.18. The Balaban J connectivity index is 0.00000288. The predicted molar refractivity (Wildman–Crippen MR) is 104 cm³/mol. The monoisotopic (exact) mass is 448 g/mol. The number of nitrogens with zero attached hydrogens (tertiary/aromatic N) is 2. The van der Waals surface area contributed by atoms with Gasteiger partial charge in [0.1, 0.15) is 11.6 Å². The summed E-state index contributed by atoms with van der Waals surface area (Å²) in [6.45, 7) is 4.79. The van der Waals surface area contributed by atoms with Gasteiger partial charge in [-0.15, -0.1) is 24.0 Å². The Hall–Kier alpha value is -1.64. The van der Waals surface area contributed by atoms with Crippen LogP contribution >= 0.6 is 24.0 Å². The summed E-state index contributed by atoms with van der Waals surface area (Å²) in [5, 5.41) is 6.39. The van der Waals surface area contributed by atoms with Crippen LogP contribution in [0.5, 0.6) is 0 Å². The summed E-state index contributed by atoms with van der Waals surface area (Å²) < 4.78 is 28.3. The molecule has 0 aliphatic carbocycles. The number of aromatic nitrogens is 1. The molecule has 132 valence electrons. The summed E-state index contributed by atoms with van der Waals surface area (Å²) in [7, 11) is 0. The van der Waals surface area contributed by atoms with Gasteiger partial charge in [0.25, 0.3) is 0 Å². The molecule has 2 aromatic rings. The van der Waals surface area contributed by atoms with Crippen molar-refractivity contribution < 1.29 is 8.78 Å². The topological polar surface area (TPSA) is 41.4 Å². The molecule has 0 atom stereocenters. The first-order valence-corrected chi connectivity index (χ1v) is 7.75. The van der Waals surface area contributed by atoms with Crippen LogP contribution in [0.2, 0.25) is 0 Å². The average Bonchev–Trinajstić information content (AvgIpc) is 2.99. The highest BCUT2D eigenvalue weighted by molar-refractivity contribution is 14.0. The van der Waals surface area contributed by atoms with Gasteiger partial charge in [-0.1, -0.05) is 0 Å². The van der Waals surface area contributed by atoms with Crippen LogP contribution < -0.4 is 10.6 Å². The van der Waals surface area contributed by atoms with E-state index in [2.05, 4.69) is 20.2 Å². The van der Waals surface area contributed by atoms with Crippen LogP contribution in [0.1, 0.15) is 12.5 Å². The molecule has 24 heavy (non-hydrogen) atoms. The van der Waals surface area contributed by atoms with Gasteiger partial charge in [-0.3, -0.25) is 4.99 Å². The van der Waals surface area contributed by atoms with Crippen molar-refractivity contribution in [2.45, 2.75) is 19.9 Å². The minimum atomic E-state index is -0.555. The van der Waals surface area contributed by atoms with Crippen LogP contribution in [0.3, 0.4) is 0 Å². The van der Waals surface area contributed by atoms with Crippen molar-refractivity contribution in [3.63, 3.8) is 0 Å². The maximum Gasteiger partial charge on any atom is 0.191 e. The lowest BCUT2D eigenvalue weighted by molar-refractivity contribution is 0.579. The molecule has 0 saturated heterocycles. The van der Waals surface area contributed by atoms with Crippen molar-refractivity contribution in [1.82, 2.24) is 15.2 Å². The van der Waals surface area contributed by atoms with Gasteiger partial charge in [-0.05, 0) is 43.2 Å². The van der Waals surface area contributed by atoms with E-state index in [0.29, 0.717) is 24.5 Å². The third-order valence-electron chi connectivity index (χ3n) is 3.27. The normalized spacial score (nSPS) is 11.0. The van der Waals surface area contributed by atoms with Gasteiger partial charge in [0.05, 0.1) is 0 Å². The summed E-state index contributed by atoms with van der Waals surface area (Å²) in [5.41, 5.74) is 0.606. The molecular weight excluding hydrogens is 425 g/mol. The highest BCUT2D eigenvalue weighted by Crippen LogP contribution is 2.08. The molecule has 0 saturated carbocycles. The van der Waals surface area contributed by atoms with E-state index < -0.39 is 11.6 Å². The summed E-state index contributed by atoms with van der Waals surface area (Å²) in [5.74, 6) is -0.405. The number of guanidine groups is 1. The molecule has 0 spiro atoms. The van der Waals surface area contributed by atoms with Crippen molar-refractivity contribution in [3.8, 4) is 0 Å². The van der Waals surface area contributed by atoms with Gasteiger partial charge < -0.3 is 15.2 Å². The third-order valence-corrected chi connectivity index (χ3v) is 3.27. The van der Waals surface area contributed by atoms with E-state index in [-0.39, 0.29) is 24.0 Å². The number of halogens is 3. The molecule has 0 unspecified atom stereocenters. The Kier molecular flexibility index (Phi) is 9.36. The smallest absolute Gasteiger partial charge is 0.191 e. The van der Waals surface area contributed by atoms with Gasteiger partial charge >= 0.3 is 0 Å². The lowest BCUT2D eigenvalue weighted by atomic mass is 10.1. The Morgan fingerprint density at radius 1 is 1.08 bits per heavy atom. The Morgan fingerprint density at radius 2 is 1.75 bits per heavy atom. The molecule has 2 rings (SSSR count). The largest absolute Gasteiger partial charge is 0.357 e. The summed E-state index contributed by atoms with van der Waals surface area (Å²) in [6, 6.07) is 7.52. The molecule has 1 aromatic heterocycles. The standard InChI is InChI=1S/C17H22F2N4.HI/c1-2-20-17(22-7-10-23-8-3-4-9-23)21-6-5-14-11-15(18)13-16(19)12-14;/h3-4,8-9,11-13H,2,5-7,10H2,1H3,(H2,20,21,22);1H. The summed E-state index contributed by atoms with van der Waals surface area (Å²) >= 11 is 0. The molecule has 0 amide bonds. The second-order valence-corrected chi connectivity index (χ2v) is 5.14. The van der Waals surface area contributed by atoms with E-state index in [1.165, 1.54) is 12.1 Å². The first kappa shape index (κ1) is 20.4. The van der Waals surface area contributed by atoms with Crippen molar-refractivity contribution in [2.75, 3.05) is 19.6 Å². The summed E-state index contributed by atoms with van der Waals surface area (Å²) in [4.78, 5) is 4.43. The SMILES string of the molecule is CCNC(=NCCc1cc(F)cc(F)c1)NCCn1cccc1.I. The van der Waals surface area contributed by atoms with E-state index >= 15 is 0 Å². The maximum absolute atomic E-state index is 13.1. The molecule has 0 aliphatic rings. The minimum absolute atomic E-state index is 0. The second-order valence-electron chi connectivity index (χ2n) is 5.14. The molecule has 0 radical (unpaired) electrons. The molecular formula is C17H23F2IN4. The molecule has 0 fully saturated rings. The first-order valence-electron chi connectivity index (χ1n) is 7.75. The van der Waals surface area contributed by atoms with Crippen molar-refractivity contribution >= 4 is 29.9 Å². The van der Waals surface area contributed by atoms with Crippen LogP contribution in [-0.2, 0) is 13.0 Å². The molecule has 2 N–H and O–H groups in total. The van der Waals surface area contributed by atoms with E-state index in [4.69, 9.17) is 0 Å². The van der Waals surface area contributed by atoms with Crippen molar-refractivity contribution in [3.05, 3.63) is 59.9 Å². The third kappa shape index (κ3) is 7.29. The quantitative estimate of drug-likeness (QED) is 0.388. The van der Waals surface area contributed by atoms with Gasteiger partial charge in [-0.25, -0.2) is 8.78 Å². The average molecular weight is 448 g/mol. The highest BCUT2D eigenvalue weighted by atomic mass is 127. The number of hydrogen-bond donors (Lipinski definition) is 2. The number of aliphatic imine (C=N–C) groups is 1. The van der Waals surface area contributed by atoms with Gasteiger partial charge in [0.2, 0.25) is 0 Å². The lowest BCUT2D eigenvalue weighted by Crippen LogP contribution is -2.39. The Morgan fingerprint density at radius 3 is 2.38 bits per heavy atom. The van der Waals surface area contributed by atoms with Crippen LogP contribution in [0.25, 0.3) is 0 Å². The molecule has 0 bridgehead atoms. The zero-order valence-electron chi connectivity index (χ0n) is 13.6. The number of hydrogen-bond acceptors (Lipinski definition) is 1. The maximum atomic E-state index is 13.1. The second kappa shape index (κ2) is 11.0. The fourth-order valence-corrected chi connectivity index (χ4v) is 2.22. The van der Waals surface area contributed by atoms with E-state index in [0.717, 1.165) is 25.7 Å². The molecule has 1 heterocycles. The van der Waals surface area contributed by atoms with Gasteiger partial charge in [0.15, 0.2) is 5.96 Å². The number of benzene rings is 1. The first-order chi connectivity index (χ1) is 11.2. The molecule has 7 heteroatoms. The highest BCUT2D eigenvalue weighted by Gasteiger charge is 2.01. The van der Waals surface area contributed by atoms with Crippen LogP contribution in [0, 0.1) is 11.6 Å². The van der Waals surface area contributed by atoms with E-state index in [9.17, 15) is 8.78 Å². The van der Waals surface area contributed by atoms with Crippen molar-refractivity contribution in [2.24, 2.45) is 4.99 Å². The number of nitrogens with one attached hydrogen (secondary N) is 2. The van der Waals surface area contributed by atoms with Crippen LogP contribution in [0.15, 0.2) is 47.7 Å². The number of rotatable bonds is 7. The van der Waals surface area contributed by atoms with Crippen molar-refractivity contribution in [1.29, 1.82) is 0 Å². The summed E-state index contributed by atoms with van der Waals surface area (Å²) in [6.07, 6.45) is 4.50. The zero-order valence-corrected chi connectivity index (χ0v) is 16.0. The molecule has 4 nitrogen and oxygen atoms in total. The van der Waals surface area contributed by atoms with Crippen LogP contribution in [-0.4, -0.2) is 30.2 Å². The van der Waals surface area contributed by atoms with Gasteiger partial charge in [0, 0.05) is 44.6 Å². The lowest BCUT2D eigenvalue weighted by Gasteiger charge is -2.11. The van der Waals surface area contributed by atoms with Crippen LogP contribution in [0.4, 0.5) is 8.78 Å². The zero-order chi connectivity index (χ0) is 16.5. The van der Waals surface area contributed by atoms with E-state index in [1.807, 2.05) is 31.5 Å². The van der Waals surface area contributed by atoms with E-state index in [1.54, 1.807) is 0 Å². The molecule has 1 aromatic carbocycles. The molecule has 0 aliphatic heterocycles. The minimum Gasteiger partial charge on any atom is -0.357 e. The van der Waals surface area contributed by atoms with Gasteiger partial charge in [-0.2, -0.15) is 0 Å². The Labute approximate surface area is 158 Å². The Bertz CT molecular complexity index is 609. The fraction of sp³-hybridized carbons (Fsp3) is 0.353.